The smallest absolute Gasteiger partial charge is 0.129 e. The number of hydrogen-bond donors (Lipinski definition) is 0. The Bertz CT molecular complexity index is 214. The van der Waals surface area contributed by atoms with Crippen LogP contribution in [0.2, 0.25) is 0 Å². The molecule has 2 aliphatic heterocycles. The first-order chi connectivity index (χ1) is 6.99. The molecule has 2 heterocycles. The van der Waals surface area contributed by atoms with Gasteiger partial charge < -0.3 is 56.9 Å². The summed E-state index contributed by atoms with van der Waals surface area (Å²) in [5.74, 6) is 1.97. The van der Waals surface area contributed by atoms with Gasteiger partial charge in [-0.3, -0.25) is 0 Å². The molecule has 0 unspecified atom stereocenters. The molecule has 104 valence electrons. The standard InChI is InChI=1S/C11H22I2N2.2HI/c1-14(8-12)4-10-3-11(5-14)7-15(2,6-10)9-13;;/h10-11H,3-9H2,1-2H3;2*1H/q+2;;/p-2. The number of fused-ring (bicyclic) bond motifs is 2. The molecule has 0 aliphatic carbocycles. The van der Waals surface area contributed by atoms with Crippen LogP contribution in [0.25, 0.3) is 0 Å². The fourth-order valence-corrected chi connectivity index (χ4v) is 4.84. The van der Waals surface area contributed by atoms with Crippen LogP contribution in [0.3, 0.4) is 0 Å². The van der Waals surface area contributed by atoms with Crippen molar-refractivity contribution in [3.05, 3.63) is 0 Å². The summed E-state index contributed by atoms with van der Waals surface area (Å²) in [6.07, 6.45) is 1.51. The topological polar surface area (TPSA) is 0 Å². The first kappa shape index (κ1) is 19.8. The van der Waals surface area contributed by atoms with E-state index in [-0.39, 0.29) is 48.0 Å². The highest BCUT2D eigenvalue weighted by Crippen LogP contribution is 2.35. The second-order valence-corrected chi connectivity index (χ2v) is 7.54. The summed E-state index contributed by atoms with van der Waals surface area (Å²) >= 11 is 5.14. The lowest BCUT2D eigenvalue weighted by Gasteiger charge is -2.51. The Hall–Kier alpha value is 2.84. The van der Waals surface area contributed by atoms with Gasteiger partial charge in [-0.25, -0.2) is 0 Å². The monoisotopic (exact) mass is 690 g/mol. The largest absolute Gasteiger partial charge is 1.00 e. The molecular formula is C11H22I4N2. The van der Waals surface area contributed by atoms with Crippen molar-refractivity contribution in [3.8, 4) is 0 Å². The van der Waals surface area contributed by atoms with Gasteiger partial charge in [-0.15, -0.1) is 0 Å². The highest BCUT2D eigenvalue weighted by molar-refractivity contribution is 14.1. The van der Waals surface area contributed by atoms with Gasteiger partial charge in [-0.1, -0.05) is 0 Å². The minimum absolute atomic E-state index is 0. The second-order valence-electron chi connectivity index (χ2n) is 6.18. The number of nitrogens with zero attached hydrogens (tertiary/aromatic N) is 2. The number of piperidine rings is 2. The van der Waals surface area contributed by atoms with E-state index in [1.807, 2.05) is 0 Å². The number of hydrogen-bond acceptors (Lipinski definition) is 0. The molecular weight excluding hydrogens is 668 g/mol. The van der Waals surface area contributed by atoms with Crippen molar-refractivity contribution in [3.63, 3.8) is 0 Å². The summed E-state index contributed by atoms with van der Waals surface area (Å²) in [7, 11) is 4.90. The van der Waals surface area contributed by atoms with Crippen LogP contribution in [0.1, 0.15) is 6.42 Å². The average Bonchev–Trinajstić information content (AvgIpc) is 2.16. The summed E-state index contributed by atoms with van der Waals surface area (Å²) in [5, 5.41) is 0. The third kappa shape index (κ3) is 4.95. The summed E-state index contributed by atoms with van der Waals surface area (Å²) in [6, 6.07) is 0. The van der Waals surface area contributed by atoms with Gasteiger partial charge in [-0.05, 0) is 51.6 Å². The van der Waals surface area contributed by atoms with Crippen LogP contribution in [0.15, 0.2) is 0 Å². The molecule has 2 saturated heterocycles. The molecule has 2 nitrogen and oxygen atoms in total. The van der Waals surface area contributed by atoms with Gasteiger partial charge >= 0.3 is 0 Å². The van der Waals surface area contributed by atoms with Crippen LogP contribution in [0.4, 0.5) is 0 Å². The van der Waals surface area contributed by atoms with E-state index in [0.717, 1.165) is 11.8 Å². The maximum atomic E-state index is 2.57. The van der Waals surface area contributed by atoms with Crippen molar-refractivity contribution in [2.75, 3.05) is 49.4 Å². The molecule has 0 aromatic heterocycles. The second kappa shape index (κ2) is 7.74. The minimum Gasteiger partial charge on any atom is -1.00 e. The Morgan fingerprint density at radius 1 is 0.824 bits per heavy atom. The third-order valence-electron chi connectivity index (χ3n) is 4.04. The number of quaternary nitrogens is 2. The lowest BCUT2D eigenvalue weighted by molar-refractivity contribution is -0.952. The Morgan fingerprint density at radius 2 is 1.12 bits per heavy atom. The van der Waals surface area contributed by atoms with Crippen molar-refractivity contribution < 1.29 is 56.9 Å². The average molecular weight is 690 g/mol. The van der Waals surface area contributed by atoms with Crippen LogP contribution < -0.4 is 48.0 Å². The Labute approximate surface area is 167 Å². The van der Waals surface area contributed by atoms with Gasteiger partial charge in [0.15, 0.2) is 0 Å². The summed E-state index contributed by atoms with van der Waals surface area (Å²) < 4.78 is 5.21. The Balaban J connectivity index is 0.00000128. The lowest BCUT2D eigenvalue weighted by Crippen LogP contribution is -3.00. The van der Waals surface area contributed by atoms with Crippen LogP contribution in [-0.4, -0.2) is 58.3 Å². The normalized spacial score (nSPS) is 44.5. The van der Waals surface area contributed by atoms with Crippen LogP contribution in [-0.2, 0) is 0 Å². The predicted octanol–water partition coefficient (Wildman–Crippen LogP) is -3.68. The van der Waals surface area contributed by atoms with Crippen molar-refractivity contribution >= 4 is 45.2 Å². The summed E-state index contributed by atoms with van der Waals surface area (Å²) in [4.78, 5) is 0. The molecule has 0 spiro atoms. The SMILES string of the molecule is C[N+]1(CI)CC2CC(C1)C[N+](C)(CI)C2.[I-].[I-]. The zero-order chi connectivity index (χ0) is 11.1. The summed E-state index contributed by atoms with van der Waals surface area (Å²) in [5.41, 5.74) is 0. The maximum Gasteiger partial charge on any atom is 0.129 e. The highest BCUT2D eigenvalue weighted by atomic mass is 127. The molecule has 2 bridgehead atoms. The molecule has 0 radical (unpaired) electrons. The van der Waals surface area contributed by atoms with Gasteiger partial charge in [0.05, 0.1) is 52.1 Å². The quantitative estimate of drug-likeness (QED) is 0.122. The molecule has 0 amide bonds. The van der Waals surface area contributed by atoms with Gasteiger partial charge in [0.2, 0.25) is 0 Å². The molecule has 0 atom stereocenters. The first-order valence-electron chi connectivity index (χ1n) is 5.78. The molecule has 0 aromatic carbocycles. The van der Waals surface area contributed by atoms with Crippen LogP contribution in [0.5, 0.6) is 0 Å². The molecule has 0 aromatic rings. The van der Waals surface area contributed by atoms with Gasteiger partial charge in [0.25, 0.3) is 0 Å². The third-order valence-corrected chi connectivity index (χ3v) is 7.33. The summed E-state index contributed by atoms with van der Waals surface area (Å²) in [6.45, 7) is 5.68. The predicted molar refractivity (Wildman–Crippen MR) is 81.2 cm³/mol. The Morgan fingerprint density at radius 3 is 1.35 bits per heavy atom. The maximum absolute atomic E-state index is 2.57. The number of rotatable bonds is 2. The lowest BCUT2D eigenvalue weighted by atomic mass is 9.83. The Kier molecular flexibility index (Phi) is 9.03. The zero-order valence-electron chi connectivity index (χ0n) is 10.5. The van der Waals surface area contributed by atoms with E-state index in [4.69, 9.17) is 0 Å². The fourth-order valence-electron chi connectivity index (χ4n) is 3.72. The number of likely N-dealkylation sites (tertiary alicyclic amines) is 2. The molecule has 2 fully saturated rings. The van der Waals surface area contributed by atoms with E-state index in [1.54, 1.807) is 0 Å². The van der Waals surface area contributed by atoms with Gasteiger partial charge in [0, 0.05) is 0 Å². The van der Waals surface area contributed by atoms with Crippen molar-refractivity contribution in [2.24, 2.45) is 11.8 Å². The van der Waals surface area contributed by atoms with E-state index >= 15 is 0 Å². The van der Waals surface area contributed by atoms with E-state index in [1.165, 1.54) is 50.7 Å². The van der Waals surface area contributed by atoms with E-state index in [2.05, 4.69) is 59.3 Å². The minimum atomic E-state index is 0. The highest BCUT2D eigenvalue weighted by Gasteiger charge is 2.46. The van der Waals surface area contributed by atoms with Crippen molar-refractivity contribution in [1.29, 1.82) is 0 Å². The molecule has 2 rings (SSSR count). The molecule has 6 heteroatoms. The molecule has 17 heavy (non-hydrogen) atoms. The van der Waals surface area contributed by atoms with Crippen LogP contribution in [0, 0.1) is 11.8 Å². The van der Waals surface area contributed by atoms with Crippen LogP contribution >= 0.6 is 45.2 Å². The zero-order valence-corrected chi connectivity index (χ0v) is 19.1. The molecule has 0 saturated carbocycles. The number of alkyl halides is 2. The van der Waals surface area contributed by atoms with E-state index in [0.29, 0.717) is 0 Å². The van der Waals surface area contributed by atoms with Crippen molar-refractivity contribution in [2.45, 2.75) is 6.42 Å². The van der Waals surface area contributed by atoms with Gasteiger partial charge in [0.1, 0.15) is 9.10 Å². The van der Waals surface area contributed by atoms with E-state index < -0.39 is 0 Å². The van der Waals surface area contributed by atoms with Crippen molar-refractivity contribution in [1.82, 2.24) is 0 Å². The molecule has 2 aliphatic rings. The first-order valence-corrected chi connectivity index (χ1v) is 8.83. The molecule has 0 N–H and O–H groups in total. The number of halogens is 4. The fraction of sp³-hybridized carbons (Fsp3) is 1.00. The van der Waals surface area contributed by atoms with Gasteiger partial charge in [-0.2, -0.15) is 0 Å². The van der Waals surface area contributed by atoms with E-state index in [9.17, 15) is 0 Å².